The van der Waals surface area contributed by atoms with Crippen LogP contribution in [0.3, 0.4) is 0 Å². The molecule has 0 atom stereocenters. The molecule has 0 radical (unpaired) electrons. The predicted molar refractivity (Wildman–Crippen MR) is 75.3 cm³/mol. The molecule has 3 rings (SSSR count). The standard InChI is InChI=1S/C14H13F2N5O/c1-7(2)17-14(22)11-6-12-18-19-13(21(12)20-11)8-3-4-9(15)10(16)5-8/h3-7,20H,1-2H3,(H,17,22). The molecule has 8 heteroatoms. The van der Waals surface area contributed by atoms with Crippen molar-refractivity contribution in [1.29, 1.82) is 0 Å². The molecular formula is C14H13F2N5O. The summed E-state index contributed by atoms with van der Waals surface area (Å²) in [6.45, 7) is 3.69. The van der Waals surface area contributed by atoms with Gasteiger partial charge in [-0.25, -0.2) is 13.3 Å². The van der Waals surface area contributed by atoms with Crippen molar-refractivity contribution in [2.24, 2.45) is 0 Å². The lowest BCUT2D eigenvalue weighted by Crippen LogP contribution is -2.30. The molecule has 2 N–H and O–H groups in total. The van der Waals surface area contributed by atoms with Crippen LogP contribution in [-0.4, -0.2) is 31.8 Å². The first kappa shape index (κ1) is 14.2. The average molecular weight is 305 g/mol. The number of carbonyl (C=O) groups is 1. The van der Waals surface area contributed by atoms with E-state index in [-0.39, 0.29) is 17.8 Å². The molecule has 3 aromatic rings. The maximum atomic E-state index is 13.3. The van der Waals surface area contributed by atoms with E-state index in [0.29, 0.717) is 16.9 Å². The van der Waals surface area contributed by atoms with Gasteiger partial charge in [0.1, 0.15) is 5.69 Å². The van der Waals surface area contributed by atoms with Crippen LogP contribution in [0.4, 0.5) is 8.78 Å². The van der Waals surface area contributed by atoms with E-state index >= 15 is 0 Å². The normalized spacial score (nSPS) is 11.3. The van der Waals surface area contributed by atoms with Crippen LogP contribution in [0.15, 0.2) is 24.3 Å². The number of hydrogen-bond acceptors (Lipinski definition) is 3. The summed E-state index contributed by atoms with van der Waals surface area (Å²) in [5.41, 5.74) is 1.07. The molecule has 2 heterocycles. The molecule has 0 fully saturated rings. The molecular weight excluding hydrogens is 292 g/mol. The lowest BCUT2D eigenvalue weighted by Gasteiger charge is -2.06. The number of nitrogens with one attached hydrogen (secondary N) is 2. The number of aromatic nitrogens is 4. The highest BCUT2D eigenvalue weighted by Gasteiger charge is 2.16. The number of halogens is 2. The van der Waals surface area contributed by atoms with Crippen LogP contribution in [0.1, 0.15) is 24.3 Å². The van der Waals surface area contributed by atoms with Crippen LogP contribution < -0.4 is 5.32 Å². The van der Waals surface area contributed by atoms with Crippen LogP contribution in [-0.2, 0) is 0 Å². The fraction of sp³-hybridized carbons (Fsp3) is 0.214. The molecule has 0 spiro atoms. The summed E-state index contributed by atoms with van der Waals surface area (Å²) < 4.78 is 27.8. The van der Waals surface area contributed by atoms with Gasteiger partial charge in [0.05, 0.1) is 0 Å². The van der Waals surface area contributed by atoms with Gasteiger partial charge in [-0.1, -0.05) is 0 Å². The van der Waals surface area contributed by atoms with Crippen molar-refractivity contribution in [3.8, 4) is 11.4 Å². The minimum Gasteiger partial charge on any atom is -0.349 e. The first-order valence-electron chi connectivity index (χ1n) is 6.66. The van der Waals surface area contributed by atoms with Gasteiger partial charge in [-0.15, -0.1) is 10.2 Å². The van der Waals surface area contributed by atoms with E-state index in [1.807, 2.05) is 13.8 Å². The van der Waals surface area contributed by atoms with Gasteiger partial charge in [-0.05, 0) is 32.0 Å². The van der Waals surface area contributed by atoms with E-state index in [1.54, 1.807) is 0 Å². The van der Waals surface area contributed by atoms with E-state index < -0.39 is 11.6 Å². The minimum atomic E-state index is -0.974. The summed E-state index contributed by atoms with van der Waals surface area (Å²) in [5.74, 6) is -1.90. The van der Waals surface area contributed by atoms with Gasteiger partial charge in [0.2, 0.25) is 0 Å². The van der Waals surface area contributed by atoms with Gasteiger partial charge < -0.3 is 5.32 Å². The molecule has 0 bridgehead atoms. The molecule has 1 aromatic carbocycles. The number of hydrogen-bond donors (Lipinski definition) is 2. The minimum absolute atomic E-state index is 0.00749. The Morgan fingerprint density at radius 1 is 1.23 bits per heavy atom. The van der Waals surface area contributed by atoms with Gasteiger partial charge in [0.15, 0.2) is 23.1 Å². The third-order valence-electron chi connectivity index (χ3n) is 3.04. The number of nitrogens with zero attached hydrogens (tertiary/aromatic N) is 3. The fourth-order valence-corrected chi connectivity index (χ4v) is 2.06. The Morgan fingerprint density at radius 2 is 2.00 bits per heavy atom. The highest BCUT2D eigenvalue weighted by Crippen LogP contribution is 2.20. The Morgan fingerprint density at radius 3 is 2.68 bits per heavy atom. The van der Waals surface area contributed by atoms with Crippen molar-refractivity contribution >= 4 is 11.6 Å². The maximum absolute atomic E-state index is 13.3. The average Bonchev–Trinajstić information content (AvgIpc) is 3.01. The fourth-order valence-electron chi connectivity index (χ4n) is 2.06. The third kappa shape index (κ3) is 2.43. The number of rotatable bonds is 3. The van der Waals surface area contributed by atoms with Crippen molar-refractivity contribution in [2.75, 3.05) is 0 Å². The lowest BCUT2D eigenvalue weighted by atomic mass is 10.2. The molecule has 22 heavy (non-hydrogen) atoms. The van der Waals surface area contributed by atoms with Gasteiger partial charge in [0.25, 0.3) is 5.91 Å². The topological polar surface area (TPSA) is 75.1 Å². The number of H-pyrrole nitrogens is 1. The van der Waals surface area contributed by atoms with Crippen molar-refractivity contribution < 1.29 is 13.6 Å². The van der Waals surface area contributed by atoms with E-state index in [0.717, 1.165) is 12.1 Å². The zero-order valence-electron chi connectivity index (χ0n) is 11.9. The second-order valence-corrected chi connectivity index (χ2v) is 5.14. The first-order chi connectivity index (χ1) is 10.5. The number of fused-ring (bicyclic) bond motifs is 1. The van der Waals surface area contributed by atoms with Crippen molar-refractivity contribution in [1.82, 2.24) is 25.1 Å². The van der Waals surface area contributed by atoms with Gasteiger partial charge in [-0.2, -0.15) is 0 Å². The molecule has 0 aliphatic heterocycles. The SMILES string of the molecule is CC(C)NC(=O)c1cc2nnc(-c3ccc(F)c(F)c3)n2[nH]1. The predicted octanol–water partition coefficient (Wildman–Crippen LogP) is 2.14. The van der Waals surface area contributed by atoms with Crippen LogP contribution >= 0.6 is 0 Å². The zero-order chi connectivity index (χ0) is 15.9. The van der Waals surface area contributed by atoms with Gasteiger partial charge in [0, 0.05) is 17.7 Å². The van der Waals surface area contributed by atoms with Crippen molar-refractivity contribution in [3.05, 3.63) is 41.6 Å². The van der Waals surface area contributed by atoms with Gasteiger partial charge in [-0.3, -0.25) is 9.89 Å². The monoisotopic (exact) mass is 305 g/mol. The van der Waals surface area contributed by atoms with Crippen molar-refractivity contribution in [3.63, 3.8) is 0 Å². The summed E-state index contributed by atoms with van der Waals surface area (Å²) in [7, 11) is 0. The van der Waals surface area contributed by atoms with E-state index in [4.69, 9.17) is 0 Å². The van der Waals surface area contributed by atoms with Crippen LogP contribution in [0.2, 0.25) is 0 Å². The highest BCUT2D eigenvalue weighted by atomic mass is 19.2. The molecule has 0 saturated heterocycles. The molecule has 6 nitrogen and oxygen atoms in total. The van der Waals surface area contributed by atoms with Crippen molar-refractivity contribution in [2.45, 2.75) is 19.9 Å². The third-order valence-corrected chi connectivity index (χ3v) is 3.04. The van der Waals surface area contributed by atoms with Crippen LogP contribution in [0.5, 0.6) is 0 Å². The summed E-state index contributed by atoms with van der Waals surface area (Å²) in [6, 6.07) is 4.96. The maximum Gasteiger partial charge on any atom is 0.269 e. The Hall–Kier alpha value is -2.77. The van der Waals surface area contributed by atoms with Crippen LogP contribution in [0, 0.1) is 11.6 Å². The summed E-state index contributed by atoms with van der Waals surface area (Å²) in [4.78, 5) is 12.0. The largest absolute Gasteiger partial charge is 0.349 e. The quantitative estimate of drug-likeness (QED) is 0.778. The molecule has 0 aliphatic rings. The molecule has 0 aliphatic carbocycles. The highest BCUT2D eigenvalue weighted by molar-refractivity contribution is 5.93. The Labute approximate surface area is 124 Å². The smallest absolute Gasteiger partial charge is 0.269 e. The van der Waals surface area contributed by atoms with E-state index in [1.165, 1.54) is 16.6 Å². The molecule has 2 aromatic heterocycles. The second kappa shape index (κ2) is 5.21. The van der Waals surface area contributed by atoms with E-state index in [2.05, 4.69) is 20.6 Å². The molecule has 1 amide bonds. The second-order valence-electron chi connectivity index (χ2n) is 5.14. The number of amides is 1. The number of carbonyl (C=O) groups excluding carboxylic acids is 1. The number of aromatic amines is 1. The molecule has 0 saturated carbocycles. The first-order valence-corrected chi connectivity index (χ1v) is 6.66. The van der Waals surface area contributed by atoms with Crippen LogP contribution in [0.25, 0.3) is 17.0 Å². The summed E-state index contributed by atoms with van der Waals surface area (Å²) >= 11 is 0. The summed E-state index contributed by atoms with van der Waals surface area (Å²) in [6.07, 6.45) is 0. The zero-order valence-corrected chi connectivity index (χ0v) is 11.9. The Kier molecular flexibility index (Phi) is 3.36. The Bertz CT molecular complexity index is 852. The Balaban J connectivity index is 2.02. The summed E-state index contributed by atoms with van der Waals surface area (Å²) in [5, 5.41) is 13.4. The van der Waals surface area contributed by atoms with Gasteiger partial charge >= 0.3 is 0 Å². The number of benzene rings is 1. The molecule has 0 unspecified atom stereocenters. The van der Waals surface area contributed by atoms with E-state index in [9.17, 15) is 13.6 Å². The molecule has 114 valence electrons. The lowest BCUT2D eigenvalue weighted by molar-refractivity contribution is 0.0938.